The van der Waals surface area contributed by atoms with Crippen LogP contribution >= 0.6 is 0 Å². The van der Waals surface area contributed by atoms with Gasteiger partial charge in [0.05, 0.1) is 19.3 Å². The van der Waals surface area contributed by atoms with Crippen molar-refractivity contribution in [2.45, 2.75) is 58.2 Å². The van der Waals surface area contributed by atoms with Crippen LogP contribution in [0.4, 0.5) is 0 Å². The summed E-state index contributed by atoms with van der Waals surface area (Å²) in [6.07, 6.45) is -4.20. The first-order valence-corrected chi connectivity index (χ1v) is 9.22. The number of rotatable bonds is 7. The van der Waals surface area contributed by atoms with Crippen molar-refractivity contribution in [1.82, 2.24) is 5.06 Å². The molecule has 0 saturated carbocycles. The molecule has 2 aliphatic rings. The van der Waals surface area contributed by atoms with Gasteiger partial charge in [-0.3, -0.25) is 24.0 Å². The molecule has 2 fully saturated rings. The summed E-state index contributed by atoms with van der Waals surface area (Å²) in [7, 11) is 1.70. The standard InChI is InChI=1S/C18H27NO10/c1-9(20)24-8-14(27-10(2)21)16(28-11(3)22)18-17(29-12(4)23)15-13(6-25-18)7-26-19(15)5/h13-18H,6-8H2,1-5H3/t13-,14-,15+,16-,17-,18+/m1/s1. The van der Waals surface area contributed by atoms with Crippen molar-refractivity contribution in [2.24, 2.45) is 5.92 Å². The predicted octanol–water partition coefficient (Wildman–Crippen LogP) is -0.395. The van der Waals surface area contributed by atoms with Gasteiger partial charge in [0.25, 0.3) is 0 Å². The average Bonchev–Trinajstić information content (AvgIpc) is 2.97. The van der Waals surface area contributed by atoms with E-state index in [1.165, 1.54) is 27.7 Å². The number of ether oxygens (including phenoxy) is 5. The second kappa shape index (κ2) is 9.99. The van der Waals surface area contributed by atoms with E-state index in [0.29, 0.717) is 6.61 Å². The van der Waals surface area contributed by atoms with Crippen molar-refractivity contribution in [1.29, 1.82) is 0 Å². The van der Waals surface area contributed by atoms with Gasteiger partial charge >= 0.3 is 23.9 Å². The largest absolute Gasteiger partial charge is 0.462 e. The number of carbonyl (C=O) groups excluding carboxylic acids is 4. The van der Waals surface area contributed by atoms with Crippen LogP contribution in [0.2, 0.25) is 0 Å². The fourth-order valence-corrected chi connectivity index (χ4v) is 3.61. The molecule has 0 radical (unpaired) electrons. The summed E-state index contributed by atoms with van der Waals surface area (Å²) in [4.78, 5) is 51.9. The summed E-state index contributed by atoms with van der Waals surface area (Å²) in [6.45, 7) is 5.06. The number of hydroxylamine groups is 2. The van der Waals surface area contributed by atoms with Crippen LogP contribution in [0.3, 0.4) is 0 Å². The maximum Gasteiger partial charge on any atom is 0.303 e. The molecule has 2 heterocycles. The SMILES string of the molecule is CC(=O)OC[C@@H](OC(C)=O)[C@@H](OC(C)=O)[C@@H]1OC[C@@H]2CON(C)[C@@H]2[C@H]1OC(C)=O. The number of nitrogens with zero attached hydrogens (tertiary/aromatic N) is 1. The second-order valence-corrected chi connectivity index (χ2v) is 6.99. The molecule has 11 heteroatoms. The number of hydrogen-bond donors (Lipinski definition) is 0. The molecule has 0 spiro atoms. The third-order valence-electron chi connectivity index (χ3n) is 4.62. The lowest BCUT2D eigenvalue weighted by Crippen LogP contribution is -2.62. The predicted molar refractivity (Wildman–Crippen MR) is 94.0 cm³/mol. The van der Waals surface area contributed by atoms with Crippen LogP contribution in [0, 0.1) is 5.92 Å². The van der Waals surface area contributed by atoms with E-state index in [9.17, 15) is 19.2 Å². The molecule has 2 saturated heterocycles. The highest BCUT2D eigenvalue weighted by atomic mass is 16.7. The summed E-state index contributed by atoms with van der Waals surface area (Å²) in [5.74, 6) is -2.57. The normalized spacial score (nSPS) is 28.6. The Morgan fingerprint density at radius 3 is 2.17 bits per heavy atom. The van der Waals surface area contributed by atoms with Gasteiger partial charge in [0.15, 0.2) is 12.2 Å². The van der Waals surface area contributed by atoms with Gasteiger partial charge in [-0.15, -0.1) is 0 Å². The molecule has 6 atom stereocenters. The summed E-state index contributed by atoms with van der Waals surface area (Å²) < 4.78 is 27.0. The van der Waals surface area contributed by atoms with E-state index in [2.05, 4.69) is 0 Å². The van der Waals surface area contributed by atoms with Gasteiger partial charge in [-0.05, 0) is 0 Å². The maximum absolute atomic E-state index is 11.8. The molecule has 0 N–H and O–H groups in total. The van der Waals surface area contributed by atoms with E-state index in [1.807, 2.05) is 0 Å². The Balaban J connectivity index is 2.37. The fourth-order valence-electron chi connectivity index (χ4n) is 3.61. The number of esters is 4. The molecule has 0 bridgehead atoms. The first-order chi connectivity index (χ1) is 13.6. The molecule has 0 unspecified atom stereocenters. The Morgan fingerprint density at radius 2 is 1.62 bits per heavy atom. The molecule has 164 valence electrons. The van der Waals surface area contributed by atoms with Crippen LogP contribution in [-0.2, 0) is 47.7 Å². The Bertz CT molecular complexity index is 638. The van der Waals surface area contributed by atoms with Crippen LogP contribution in [-0.4, -0.2) is 86.3 Å². The topological polar surface area (TPSA) is 127 Å². The fraction of sp³-hybridized carbons (Fsp3) is 0.778. The zero-order valence-electron chi connectivity index (χ0n) is 17.1. The van der Waals surface area contributed by atoms with Gasteiger partial charge in [-0.25, -0.2) is 0 Å². The van der Waals surface area contributed by atoms with Gasteiger partial charge in [-0.2, -0.15) is 5.06 Å². The van der Waals surface area contributed by atoms with Gasteiger partial charge < -0.3 is 23.7 Å². The number of likely N-dealkylation sites (N-methyl/N-ethyl adjacent to an activating group) is 1. The molecule has 29 heavy (non-hydrogen) atoms. The van der Waals surface area contributed by atoms with E-state index in [4.69, 9.17) is 28.5 Å². The summed E-state index contributed by atoms with van der Waals surface area (Å²) in [5.41, 5.74) is 0. The van der Waals surface area contributed by atoms with E-state index >= 15 is 0 Å². The van der Waals surface area contributed by atoms with Crippen molar-refractivity contribution in [3.63, 3.8) is 0 Å². The molecule has 11 nitrogen and oxygen atoms in total. The first-order valence-electron chi connectivity index (χ1n) is 9.22. The minimum Gasteiger partial charge on any atom is -0.462 e. The van der Waals surface area contributed by atoms with Crippen LogP contribution in [0.15, 0.2) is 0 Å². The van der Waals surface area contributed by atoms with E-state index in [0.717, 1.165) is 0 Å². The number of fused-ring (bicyclic) bond motifs is 1. The summed E-state index contributed by atoms with van der Waals surface area (Å²) >= 11 is 0. The highest BCUT2D eigenvalue weighted by Gasteiger charge is 2.54. The smallest absolute Gasteiger partial charge is 0.303 e. The van der Waals surface area contributed by atoms with Crippen LogP contribution < -0.4 is 0 Å². The van der Waals surface area contributed by atoms with Gasteiger partial charge in [-0.1, -0.05) is 0 Å². The molecular weight excluding hydrogens is 390 g/mol. The van der Waals surface area contributed by atoms with Gasteiger partial charge in [0.2, 0.25) is 0 Å². The minimum atomic E-state index is -1.19. The van der Waals surface area contributed by atoms with Crippen molar-refractivity contribution in [2.75, 3.05) is 26.9 Å². The molecule has 0 amide bonds. The van der Waals surface area contributed by atoms with Crippen LogP contribution in [0.1, 0.15) is 27.7 Å². The van der Waals surface area contributed by atoms with Crippen molar-refractivity contribution in [3.05, 3.63) is 0 Å². The Labute approximate surface area is 168 Å². The maximum atomic E-state index is 11.8. The zero-order chi connectivity index (χ0) is 21.7. The molecule has 2 aliphatic heterocycles. The minimum absolute atomic E-state index is 0.0702. The van der Waals surface area contributed by atoms with E-state index < -0.39 is 48.3 Å². The summed E-state index contributed by atoms with van der Waals surface area (Å²) in [5, 5.41) is 1.57. The molecule has 0 aliphatic carbocycles. The Morgan fingerprint density at radius 1 is 0.966 bits per heavy atom. The van der Waals surface area contributed by atoms with Crippen LogP contribution in [0.5, 0.6) is 0 Å². The molecule has 0 aromatic carbocycles. The van der Waals surface area contributed by atoms with E-state index in [-0.39, 0.29) is 25.2 Å². The monoisotopic (exact) mass is 417 g/mol. The number of carbonyl (C=O) groups is 4. The molecular formula is C18H27NO10. The lowest BCUT2D eigenvalue weighted by atomic mass is 9.87. The Kier molecular flexibility index (Phi) is 7.94. The van der Waals surface area contributed by atoms with Crippen molar-refractivity contribution in [3.8, 4) is 0 Å². The third kappa shape index (κ3) is 6.12. The lowest BCUT2D eigenvalue weighted by molar-refractivity contribution is -0.227. The molecule has 0 aromatic rings. The Hall–Kier alpha value is -2.24. The third-order valence-corrected chi connectivity index (χ3v) is 4.62. The van der Waals surface area contributed by atoms with E-state index in [1.54, 1.807) is 12.1 Å². The second-order valence-electron chi connectivity index (χ2n) is 6.99. The molecule has 0 aromatic heterocycles. The van der Waals surface area contributed by atoms with Gasteiger partial charge in [0.1, 0.15) is 18.8 Å². The quantitative estimate of drug-likeness (QED) is 0.397. The number of hydrogen-bond acceptors (Lipinski definition) is 11. The zero-order valence-corrected chi connectivity index (χ0v) is 17.1. The average molecular weight is 417 g/mol. The highest BCUT2D eigenvalue weighted by Crippen LogP contribution is 2.35. The lowest BCUT2D eigenvalue weighted by Gasteiger charge is -2.43. The van der Waals surface area contributed by atoms with Gasteiger partial charge in [0, 0.05) is 40.7 Å². The first kappa shape index (κ1) is 23.0. The summed E-state index contributed by atoms with van der Waals surface area (Å²) in [6, 6.07) is -0.359. The highest BCUT2D eigenvalue weighted by molar-refractivity contribution is 5.68. The molecule has 2 rings (SSSR count). The van der Waals surface area contributed by atoms with Crippen LogP contribution in [0.25, 0.3) is 0 Å². The van der Waals surface area contributed by atoms with Crippen molar-refractivity contribution < 1.29 is 47.7 Å². The van der Waals surface area contributed by atoms with Crippen molar-refractivity contribution >= 4 is 23.9 Å².